The highest BCUT2D eigenvalue weighted by Gasteiger charge is 2.41. The molecule has 0 aromatic heterocycles. The van der Waals surface area contributed by atoms with Crippen molar-refractivity contribution in [2.75, 3.05) is 16.8 Å². The van der Waals surface area contributed by atoms with Gasteiger partial charge >= 0.3 is 5.97 Å². The maximum atomic E-state index is 12.6. The van der Waals surface area contributed by atoms with Crippen molar-refractivity contribution < 1.29 is 19.5 Å². The lowest BCUT2D eigenvalue weighted by atomic mass is 9.90. The zero-order valence-electron chi connectivity index (χ0n) is 14.6. The summed E-state index contributed by atoms with van der Waals surface area (Å²) in [6, 6.07) is 3.54. The molecule has 7 heteroatoms. The number of carboxylic acid groups (broad SMARTS) is 1. The molecular weight excluding hydrogens is 334 g/mol. The number of carbonyl (C=O) groups excluding carboxylic acids is 2. The number of hydrogen-bond donors (Lipinski definition) is 2. The average Bonchev–Trinajstić information content (AvgIpc) is 2.92. The molecule has 0 bridgehead atoms. The van der Waals surface area contributed by atoms with Gasteiger partial charge in [-0.05, 0) is 18.1 Å². The summed E-state index contributed by atoms with van der Waals surface area (Å²) in [6.07, 6.45) is 6.36. The number of benzene rings is 1. The number of anilines is 2. The summed E-state index contributed by atoms with van der Waals surface area (Å²) in [6.45, 7) is 2.86. The van der Waals surface area contributed by atoms with Gasteiger partial charge in [0.2, 0.25) is 6.41 Å². The van der Waals surface area contributed by atoms with E-state index in [-0.39, 0.29) is 12.2 Å². The van der Waals surface area contributed by atoms with Crippen molar-refractivity contribution in [3.63, 3.8) is 0 Å². The van der Waals surface area contributed by atoms with Crippen molar-refractivity contribution in [3.8, 4) is 0 Å². The van der Waals surface area contributed by atoms with Gasteiger partial charge in [0.1, 0.15) is 0 Å². The SMILES string of the molecule is CCCCCN1C2=CN=CC(=O)C2c2c1ccc(CC(=O)O)c2NC=O. The molecule has 1 aromatic rings. The second-order valence-corrected chi connectivity index (χ2v) is 6.39. The van der Waals surface area contributed by atoms with E-state index >= 15 is 0 Å². The molecule has 1 atom stereocenters. The Morgan fingerprint density at radius 3 is 2.88 bits per heavy atom. The van der Waals surface area contributed by atoms with E-state index in [0.29, 0.717) is 23.2 Å². The minimum Gasteiger partial charge on any atom is -0.481 e. The van der Waals surface area contributed by atoms with E-state index in [9.17, 15) is 14.4 Å². The van der Waals surface area contributed by atoms with Crippen LogP contribution in [0.15, 0.2) is 29.0 Å². The Bertz CT molecular complexity index is 813. The molecule has 0 spiro atoms. The van der Waals surface area contributed by atoms with Gasteiger partial charge in [0, 0.05) is 24.0 Å². The van der Waals surface area contributed by atoms with Gasteiger partial charge in [-0.2, -0.15) is 0 Å². The van der Waals surface area contributed by atoms with Crippen LogP contribution in [0, 0.1) is 0 Å². The van der Waals surface area contributed by atoms with Gasteiger partial charge in [-0.1, -0.05) is 25.8 Å². The molecule has 0 fully saturated rings. The highest BCUT2D eigenvalue weighted by atomic mass is 16.4. The first kappa shape index (κ1) is 17.8. The highest BCUT2D eigenvalue weighted by molar-refractivity contribution is 6.33. The van der Waals surface area contributed by atoms with Crippen LogP contribution in [0.2, 0.25) is 0 Å². The summed E-state index contributed by atoms with van der Waals surface area (Å²) in [4.78, 5) is 41.0. The number of fused-ring (bicyclic) bond motifs is 3. The van der Waals surface area contributed by atoms with Crippen molar-refractivity contribution in [1.82, 2.24) is 0 Å². The fraction of sp³-hybridized carbons (Fsp3) is 0.368. The molecule has 0 radical (unpaired) electrons. The van der Waals surface area contributed by atoms with Gasteiger partial charge in [-0.15, -0.1) is 0 Å². The Morgan fingerprint density at radius 1 is 1.38 bits per heavy atom. The molecule has 26 heavy (non-hydrogen) atoms. The summed E-state index contributed by atoms with van der Waals surface area (Å²) in [7, 11) is 0. The first-order valence-corrected chi connectivity index (χ1v) is 8.70. The van der Waals surface area contributed by atoms with Gasteiger partial charge in [-0.25, -0.2) is 0 Å². The third kappa shape index (κ3) is 3.12. The number of unbranched alkanes of at least 4 members (excludes halogenated alkanes) is 2. The van der Waals surface area contributed by atoms with Crippen LogP contribution in [-0.4, -0.2) is 36.0 Å². The van der Waals surface area contributed by atoms with Crippen LogP contribution in [0.4, 0.5) is 11.4 Å². The lowest BCUT2D eigenvalue weighted by Gasteiger charge is -2.23. The number of rotatable bonds is 8. The first-order valence-electron chi connectivity index (χ1n) is 8.70. The summed E-state index contributed by atoms with van der Waals surface area (Å²) < 4.78 is 0. The number of ketones is 1. The fourth-order valence-electron chi connectivity index (χ4n) is 3.63. The van der Waals surface area contributed by atoms with E-state index in [0.717, 1.165) is 37.2 Å². The van der Waals surface area contributed by atoms with Gasteiger partial charge < -0.3 is 15.3 Å². The van der Waals surface area contributed by atoms with Crippen molar-refractivity contribution in [2.24, 2.45) is 4.99 Å². The van der Waals surface area contributed by atoms with Crippen LogP contribution in [0.3, 0.4) is 0 Å². The van der Waals surface area contributed by atoms with Crippen LogP contribution >= 0.6 is 0 Å². The zero-order chi connectivity index (χ0) is 18.7. The van der Waals surface area contributed by atoms with E-state index in [1.807, 2.05) is 6.07 Å². The summed E-state index contributed by atoms with van der Waals surface area (Å²) >= 11 is 0. The number of Topliss-reactive ketones (excluding diaryl/α,β-unsaturated/α-hetero) is 1. The molecule has 1 amide bonds. The molecule has 0 saturated carbocycles. The normalized spacial score (nSPS) is 17.6. The maximum absolute atomic E-state index is 12.6. The predicted molar refractivity (Wildman–Crippen MR) is 98.7 cm³/mol. The van der Waals surface area contributed by atoms with Crippen LogP contribution in [0.5, 0.6) is 0 Å². The molecule has 2 N–H and O–H groups in total. The van der Waals surface area contributed by atoms with E-state index in [4.69, 9.17) is 5.11 Å². The number of aliphatic carboxylic acids is 1. The number of nitrogens with zero attached hydrogens (tertiary/aromatic N) is 2. The van der Waals surface area contributed by atoms with Crippen molar-refractivity contribution in [1.29, 1.82) is 0 Å². The maximum Gasteiger partial charge on any atom is 0.307 e. The number of carboxylic acids is 1. The minimum absolute atomic E-state index is 0.164. The first-order chi connectivity index (χ1) is 12.6. The largest absolute Gasteiger partial charge is 0.481 e. The Morgan fingerprint density at radius 2 is 2.19 bits per heavy atom. The lowest BCUT2D eigenvalue weighted by Crippen LogP contribution is -2.25. The number of aliphatic imine (C=N–C) groups is 1. The van der Waals surface area contributed by atoms with Crippen molar-refractivity contribution in [2.45, 2.75) is 38.5 Å². The molecule has 0 saturated heterocycles. The third-order valence-electron chi connectivity index (χ3n) is 4.72. The van der Waals surface area contributed by atoms with Crippen LogP contribution in [-0.2, 0) is 20.8 Å². The van der Waals surface area contributed by atoms with Gasteiger partial charge in [0.15, 0.2) is 5.78 Å². The second-order valence-electron chi connectivity index (χ2n) is 6.39. The quantitative estimate of drug-likeness (QED) is 0.551. The van der Waals surface area contributed by atoms with Crippen LogP contribution < -0.4 is 10.2 Å². The van der Waals surface area contributed by atoms with E-state index in [1.54, 1.807) is 12.3 Å². The van der Waals surface area contributed by atoms with Crippen molar-refractivity contribution >= 4 is 35.8 Å². The molecule has 2 aliphatic rings. The monoisotopic (exact) mass is 355 g/mol. The number of allylic oxidation sites excluding steroid dienone is 1. The lowest BCUT2D eigenvalue weighted by molar-refractivity contribution is -0.136. The summed E-state index contributed by atoms with van der Waals surface area (Å²) in [5.41, 5.74) is 3.17. The average molecular weight is 355 g/mol. The number of carbonyl (C=O) groups is 3. The third-order valence-corrected chi connectivity index (χ3v) is 4.72. The zero-order valence-corrected chi connectivity index (χ0v) is 14.6. The summed E-state index contributed by atoms with van der Waals surface area (Å²) in [5, 5.41) is 11.8. The molecule has 2 heterocycles. The standard InChI is InChI=1S/C19H21N3O4/c1-2-3-4-7-22-13-6-5-12(8-16(25)26)19(21-11-23)18(13)17-14(22)9-20-10-15(17)24/h5-6,9-11,17H,2-4,7-8H2,1H3,(H,21,23)(H,25,26). The Hall–Kier alpha value is -2.96. The minimum atomic E-state index is -0.996. The summed E-state index contributed by atoms with van der Waals surface area (Å²) in [5.74, 6) is -1.72. The molecule has 2 aliphatic heterocycles. The molecule has 7 nitrogen and oxygen atoms in total. The number of amides is 1. The van der Waals surface area contributed by atoms with E-state index < -0.39 is 11.9 Å². The molecule has 1 unspecified atom stereocenters. The molecule has 1 aromatic carbocycles. The number of nitrogens with one attached hydrogen (secondary N) is 1. The Labute approximate surface area is 151 Å². The van der Waals surface area contributed by atoms with Crippen LogP contribution in [0.25, 0.3) is 0 Å². The molecular formula is C19H21N3O4. The van der Waals surface area contributed by atoms with Gasteiger partial charge in [-0.3, -0.25) is 19.4 Å². The molecule has 0 aliphatic carbocycles. The number of hydrogen-bond acceptors (Lipinski definition) is 5. The molecule has 136 valence electrons. The van der Waals surface area contributed by atoms with Gasteiger partial charge in [0.25, 0.3) is 0 Å². The highest BCUT2D eigenvalue weighted by Crippen LogP contribution is 2.49. The van der Waals surface area contributed by atoms with Crippen LogP contribution in [0.1, 0.15) is 43.2 Å². The topological polar surface area (TPSA) is 99.1 Å². The fourth-order valence-corrected chi connectivity index (χ4v) is 3.63. The Balaban J connectivity index is 2.12. The molecule has 3 rings (SSSR count). The second kappa shape index (κ2) is 7.51. The Kier molecular flexibility index (Phi) is 5.16. The smallest absolute Gasteiger partial charge is 0.307 e. The van der Waals surface area contributed by atoms with E-state index in [2.05, 4.69) is 22.1 Å². The van der Waals surface area contributed by atoms with Gasteiger partial charge in [0.05, 0.1) is 29.9 Å². The van der Waals surface area contributed by atoms with E-state index in [1.165, 1.54) is 6.21 Å². The van der Waals surface area contributed by atoms with Crippen molar-refractivity contribution in [3.05, 3.63) is 35.2 Å². The predicted octanol–water partition coefficient (Wildman–Crippen LogP) is 2.47.